The number of H-pyrrole nitrogens is 1. The first-order valence-corrected chi connectivity index (χ1v) is 12.4. The molecular weight excluding hydrogens is 480 g/mol. The molecule has 1 aromatic carbocycles. The van der Waals surface area contributed by atoms with Crippen molar-refractivity contribution >= 4 is 40.5 Å². The summed E-state index contributed by atoms with van der Waals surface area (Å²) in [6, 6.07) is 3.50. The molecule has 2 aromatic rings. The first-order valence-electron chi connectivity index (χ1n) is 12.4. The summed E-state index contributed by atoms with van der Waals surface area (Å²) in [6.45, 7) is 0.547. The van der Waals surface area contributed by atoms with Crippen molar-refractivity contribution in [3.63, 3.8) is 0 Å². The second-order valence-electron chi connectivity index (χ2n) is 9.62. The van der Waals surface area contributed by atoms with Crippen LogP contribution in [0.15, 0.2) is 30.5 Å². The third-order valence-electron chi connectivity index (χ3n) is 7.11. The number of rotatable bonds is 9. The molecule has 0 aliphatic carbocycles. The van der Waals surface area contributed by atoms with Crippen LogP contribution in [0.1, 0.15) is 37.7 Å². The van der Waals surface area contributed by atoms with Crippen molar-refractivity contribution in [3.8, 4) is 0 Å². The Bertz CT molecular complexity index is 1210. The van der Waals surface area contributed by atoms with Crippen molar-refractivity contribution < 1.29 is 29.1 Å². The van der Waals surface area contributed by atoms with E-state index in [0.29, 0.717) is 32.2 Å². The van der Waals surface area contributed by atoms with E-state index in [4.69, 9.17) is 11.5 Å². The first kappa shape index (κ1) is 26.1. The molecule has 198 valence electrons. The van der Waals surface area contributed by atoms with E-state index >= 15 is 0 Å². The quantitative estimate of drug-likeness (QED) is 0.298. The van der Waals surface area contributed by atoms with Crippen LogP contribution in [0.5, 0.6) is 0 Å². The summed E-state index contributed by atoms with van der Waals surface area (Å²) in [5, 5.41) is 12.9. The Morgan fingerprint density at radius 1 is 1.05 bits per heavy atom. The number of nitrogens with zero attached hydrogens (tertiary/aromatic N) is 2. The highest BCUT2D eigenvalue weighted by Crippen LogP contribution is 2.26. The average Bonchev–Trinajstić information content (AvgIpc) is 3.62. The van der Waals surface area contributed by atoms with Gasteiger partial charge < -0.3 is 36.7 Å². The van der Waals surface area contributed by atoms with Crippen LogP contribution >= 0.6 is 0 Å². The van der Waals surface area contributed by atoms with Crippen LogP contribution < -0.4 is 16.8 Å². The standard InChI is InChI=1S/C25H32N6O6/c26-16(11-14-13-28-17-6-2-1-5-15(14)17)22(33)29-18(12-21(27)32)23(34)30-9-3-7-19(30)24(35)31-10-4-8-20(31)25(36)37/h1-2,5-6,13,16,18-20,28H,3-4,7-12,26H2,(H2,27,32)(H,29,33)(H,36,37). The van der Waals surface area contributed by atoms with E-state index in [0.717, 1.165) is 16.5 Å². The summed E-state index contributed by atoms with van der Waals surface area (Å²) in [7, 11) is 0. The van der Waals surface area contributed by atoms with E-state index < -0.39 is 60.2 Å². The van der Waals surface area contributed by atoms with E-state index in [1.807, 2.05) is 24.3 Å². The van der Waals surface area contributed by atoms with Crippen molar-refractivity contribution in [2.24, 2.45) is 11.5 Å². The summed E-state index contributed by atoms with van der Waals surface area (Å²) in [6.07, 6.45) is 3.34. The van der Waals surface area contributed by atoms with Gasteiger partial charge in [-0.3, -0.25) is 19.2 Å². The number of aliphatic carboxylic acids is 1. The lowest BCUT2D eigenvalue weighted by Crippen LogP contribution is -2.57. The maximum Gasteiger partial charge on any atom is 0.326 e. The number of aromatic nitrogens is 1. The van der Waals surface area contributed by atoms with Gasteiger partial charge in [-0.05, 0) is 43.7 Å². The fourth-order valence-corrected chi connectivity index (χ4v) is 5.28. The molecule has 4 atom stereocenters. The molecule has 4 rings (SSSR count). The zero-order valence-corrected chi connectivity index (χ0v) is 20.4. The van der Waals surface area contributed by atoms with Gasteiger partial charge in [-0.15, -0.1) is 0 Å². The van der Waals surface area contributed by atoms with Crippen LogP contribution in [-0.2, 0) is 30.4 Å². The zero-order valence-electron chi connectivity index (χ0n) is 20.4. The molecule has 0 bridgehead atoms. The van der Waals surface area contributed by atoms with Crippen LogP contribution in [0, 0.1) is 0 Å². The Morgan fingerprint density at radius 3 is 2.43 bits per heavy atom. The molecule has 1 aromatic heterocycles. The van der Waals surface area contributed by atoms with E-state index in [1.54, 1.807) is 6.20 Å². The molecule has 2 aliphatic rings. The monoisotopic (exact) mass is 512 g/mol. The van der Waals surface area contributed by atoms with Gasteiger partial charge in [0.15, 0.2) is 0 Å². The molecule has 4 amide bonds. The Labute approximate surface area is 213 Å². The van der Waals surface area contributed by atoms with Crippen molar-refractivity contribution in [2.45, 2.75) is 62.7 Å². The number of carboxylic acid groups (broad SMARTS) is 1. The number of hydrogen-bond acceptors (Lipinski definition) is 6. The van der Waals surface area contributed by atoms with Crippen molar-refractivity contribution in [1.29, 1.82) is 0 Å². The number of nitrogens with one attached hydrogen (secondary N) is 2. The van der Waals surface area contributed by atoms with Crippen LogP contribution in [0.3, 0.4) is 0 Å². The fourth-order valence-electron chi connectivity index (χ4n) is 5.28. The highest BCUT2D eigenvalue weighted by atomic mass is 16.4. The second kappa shape index (κ2) is 11.0. The largest absolute Gasteiger partial charge is 0.480 e. The van der Waals surface area contributed by atoms with Gasteiger partial charge in [0.05, 0.1) is 12.5 Å². The third-order valence-corrected chi connectivity index (χ3v) is 7.11. The number of carbonyl (C=O) groups is 5. The lowest BCUT2D eigenvalue weighted by atomic mass is 10.0. The van der Waals surface area contributed by atoms with Gasteiger partial charge in [0.25, 0.3) is 0 Å². The summed E-state index contributed by atoms with van der Waals surface area (Å²) in [4.78, 5) is 68.7. The lowest BCUT2D eigenvalue weighted by molar-refractivity contribution is -0.152. The number of fused-ring (bicyclic) bond motifs is 1. The molecule has 0 saturated carbocycles. The minimum absolute atomic E-state index is 0.198. The van der Waals surface area contributed by atoms with Crippen LogP contribution in [0.2, 0.25) is 0 Å². The number of primary amides is 1. The van der Waals surface area contributed by atoms with Gasteiger partial charge in [-0.25, -0.2) is 4.79 Å². The molecule has 2 fully saturated rings. The first-order chi connectivity index (χ1) is 17.7. The van der Waals surface area contributed by atoms with Crippen molar-refractivity contribution in [2.75, 3.05) is 13.1 Å². The predicted molar refractivity (Wildman–Crippen MR) is 133 cm³/mol. The maximum atomic E-state index is 13.4. The molecule has 12 heteroatoms. The Kier molecular flexibility index (Phi) is 7.77. The van der Waals surface area contributed by atoms with E-state index in [1.165, 1.54) is 9.80 Å². The van der Waals surface area contributed by atoms with E-state index in [2.05, 4.69) is 10.3 Å². The Balaban J connectivity index is 1.45. The van der Waals surface area contributed by atoms with Crippen LogP contribution in [0.25, 0.3) is 10.9 Å². The minimum Gasteiger partial charge on any atom is -0.480 e. The van der Waals surface area contributed by atoms with Gasteiger partial charge in [-0.2, -0.15) is 0 Å². The van der Waals surface area contributed by atoms with Gasteiger partial charge in [-0.1, -0.05) is 18.2 Å². The molecule has 7 N–H and O–H groups in total. The summed E-state index contributed by atoms with van der Waals surface area (Å²) in [5.41, 5.74) is 13.2. The van der Waals surface area contributed by atoms with E-state index in [9.17, 15) is 29.1 Å². The molecule has 2 saturated heterocycles. The molecule has 3 heterocycles. The number of carboxylic acids is 1. The number of hydrogen-bond donors (Lipinski definition) is 5. The van der Waals surface area contributed by atoms with Gasteiger partial charge in [0.1, 0.15) is 18.1 Å². The van der Waals surface area contributed by atoms with Gasteiger partial charge in [0.2, 0.25) is 23.6 Å². The number of para-hydroxylation sites is 1. The zero-order chi connectivity index (χ0) is 26.7. The van der Waals surface area contributed by atoms with Crippen LogP contribution in [-0.4, -0.2) is 86.7 Å². The highest BCUT2D eigenvalue weighted by Gasteiger charge is 2.43. The molecule has 2 aliphatic heterocycles. The number of carbonyl (C=O) groups excluding carboxylic acids is 4. The lowest BCUT2D eigenvalue weighted by Gasteiger charge is -2.32. The third kappa shape index (κ3) is 5.58. The smallest absolute Gasteiger partial charge is 0.326 e. The topological polar surface area (TPSA) is 192 Å². The molecule has 12 nitrogen and oxygen atoms in total. The average molecular weight is 513 g/mol. The molecule has 0 spiro atoms. The maximum absolute atomic E-state index is 13.4. The number of amides is 4. The molecular formula is C25H32N6O6. The number of aromatic amines is 1. The van der Waals surface area contributed by atoms with Gasteiger partial charge >= 0.3 is 5.97 Å². The number of benzene rings is 1. The fraction of sp³-hybridized carbons (Fsp3) is 0.480. The molecule has 4 unspecified atom stereocenters. The highest BCUT2D eigenvalue weighted by molar-refractivity contribution is 5.97. The summed E-state index contributed by atoms with van der Waals surface area (Å²) >= 11 is 0. The van der Waals surface area contributed by atoms with Crippen molar-refractivity contribution in [3.05, 3.63) is 36.0 Å². The second-order valence-corrected chi connectivity index (χ2v) is 9.62. The predicted octanol–water partition coefficient (Wildman–Crippen LogP) is -0.535. The molecule has 37 heavy (non-hydrogen) atoms. The van der Waals surface area contributed by atoms with Crippen molar-refractivity contribution in [1.82, 2.24) is 20.1 Å². The Hall–Kier alpha value is -3.93. The van der Waals surface area contributed by atoms with Crippen LogP contribution in [0.4, 0.5) is 0 Å². The summed E-state index contributed by atoms with van der Waals surface area (Å²) < 4.78 is 0. The SMILES string of the molecule is NC(=O)CC(NC(=O)C(N)Cc1c[nH]c2ccccc12)C(=O)N1CCCC1C(=O)N1CCCC1C(=O)O. The number of nitrogens with two attached hydrogens (primary N) is 2. The molecule has 0 radical (unpaired) electrons. The Morgan fingerprint density at radius 2 is 1.73 bits per heavy atom. The van der Waals surface area contributed by atoms with E-state index in [-0.39, 0.29) is 13.0 Å². The summed E-state index contributed by atoms with van der Waals surface area (Å²) in [5.74, 6) is -3.55. The number of likely N-dealkylation sites (tertiary alicyclic amines) is 2. The van der Waals surface area contributed by atoms with Gasteiger partial charge in [0, 0.05) is 30.2 Å². The minimum atomic E-state index is -1.29. The normalized spacial score (nSPS) is 21.1.